The maximum Gasteiger partial charge on any atom is 0.315 e. The van der Waals surface area contributed by atoms with Gasteiger partial charge in [0, 0.05) is 28.2 Å². The van der Waals surface area contributed by atoms with Gasteiger partial charge in [-0.15, -0.1) is 0 Å². The van der Waals surface area contributed by atoms with E-state index in [9.17, 15) is 4.79 Å². The Hall–Kier alpha value is -2.57. The van der Waals surface area contributed by atoms with Gasteiger partial charge in [0.05, 0.1) is 23.9 Å². The van der Waals surface area contributed by atoms with E-state index >= 15 is 0 Å². The molecule has 1 unspecified atom stereocenters. The molecular formula is C23H22ClN3O2S. The van der Waals surface area contributed by atoms with E-state index in [0.29, 0.717) is 18.1 Å². The highest BCUT2D eigenvalue weighted by molar-refractivity contribution is 7.22. The summed E-state index contributed by atoms with van der Waals surface area (Å²) < 4.78 is 6.33. The minimum absolute atomic E-state index is 0.242. The van der Waals surface area contributed by atoms with Crippen molar-refractivity contribution in [3.05, 3.63) is 58.2 Å². The number of esters is 1. The van der Waals surface area contributed by atoms with Gasteiger partial charge in [-0.05, 0) is 47.9 Å². The molecule has 30 heavy (non-hydrogen) atoms. The summed E-state index contributed by atoms with van der Waals surface area (Å²) in [6.45, 7) is 3.38. The van der Waals surface area contributed by atoms with Crippen LogP contribution in [0.2, 0.25) is 5.02 Å². The second-order valence-corrected chi connectivity index (χ2v) is 9.16. The fraction of sp³-hybridized carbons (Fsp3) is 0.304. The van der Waals surface area contributed by atoms with E-state index in [-0.39, 0.29) is 5.97 Å². The summed E-state index contributed by atoms with van der Waals surface area (Å²) in [5, 5.41) is 2.57. The Morgan fingerprint density at radius 3 is 3.00 bits per heavy atom. The molecular weight excluding hydrogens is 418 g/mol. The molecule has 1 atom stereocenters. The number of halogens is 1. The number of nitrogens with one attached hydrogen (secondary N) is 1. The highest BCUT2D eigenvalue weighted by atomic mass is 35.5. The fourth-order valence-electron chi connectivity index (χ4n) is 4.35. The molecule has 0 saturated carbocycles. The standard InChI is InChI=1S/C23H22ClN3O2S/c1-3-4-13-5-7-18-20(9-13)30-23(26-18)27-11-16(22(28)29-2)21-15-10-14(24)6-8-17(15)25-19(21)12-27/h5-10,16,25H,3-4,11-12H2,1-2H3. The summed E-state index contributed by atoms with van der Waals surface area (Å²) >= 11 is 7.91. The third-order valence-electron chi connectivity index (χ3n) is 5.72. The average Bonchev–Trinajstić information content (AvgIpc) is 3.33. The van der Waals surface area contributed by atoms with Gasteiger partial charge in [0.1, 0.15) is 5.92 Å². The molecule has 0 saturated heterocycles. The molecule has 1 N–H and O–H groups in total. The maximum atomic E-state index is 12.7. The SMILES string of the molecule is CCCc1ccc2nc(N3Cc4[nH]c5ccc(Cl)cc5c4C(C(=O)OC)C3)sc2c1. The van der Waals surface area contributed by atoms with Crippen molar-refractivity contribution in [3.63, 3.8) is 0 Å². The monoisotopic (exact) mass is 439 g/mol. The van der Waals surface area contributed by atoms with Gasteiger partial charge in [-0.25, -0.2) is 4.98 Å². The van der Waals surface area contributed by atoms with E-state index < -0.39 is 5.92 Å². The summed E-state index contributed by atoms with van der Waals surface area (Å²) in [5.74, 6) is -0.637. The zero-order chi connectivity index (χ0) is 20.8. The number of thiazole rings is 1. The van der Waals surface area contributed by atoms with Crippen molar-refractivity contribution >= 4 is 55.2 Å². The van der Waals surface area contributed by atoms with Crippen molar-refractivity contribution < 1.29 is 9.53 Å². The molecule has 3 heterocycles. The number of anilines is 1. The molecule has 5 rings (SSSR count). The number of methoxy groups -OCH3 is 1. The van der Waals surface area contributed by atoms with Crippen molar-refractivity contribution in [1.82, 2.24) is 9.97 Å². The summed E-state index contributed by atoms with van der Waals surface area (Å²) in [6.07, 6.45) is 2.19. The zero-order valence-electron chi connectivity index (χ0n) is 16.9. The molecule has 0 spiro atoms. The van der Waals surface area contributed by atoms with E-state index in [0.717, 1.165) is 45.7 Å². The predicted octanol–water partition coefficient (Wildman–Crippen LogP) is 5.66. The molecule has 4 aromatic rings. The van der Waals surface area contributed by atoms with Crippen LogP contribution >= 0.6 is 22.9 Å². The van der Waals surface area contributed by atoms with E-state index in [4.69, 9.17) is 21.3 Å². The third-order valence-corrected chi connectivity index (χ3v) is 7.03. The lowest BCUT2D eigenvalue weighted by molar-refractivity contribution is -0.142. The smallest absolute Gasteiger partial charge is 0.315 e. The molecule has 1 aliphatic heterocycles. The minimum Gasteiger partial charge on any atom is -0.468 e. The normalized spacial score (nSPS) is 16.2. The Kier molecular flexibility index (Phi) is 4.91. The lowest BCUT2D eigenvalue weighted by Crippen LogP contribution is -2.37. The first-order valence-electron chi connectivity index (χ1n) is 10.1. The lowest BCUT2D eigenvalue weighted by atomic mass is 9.92. The van der Waals surface area contributed by atoms with Gasteiger partial charge >= 0.3 is 5.97 Å². The van der Waals surface area contributed by atoms with Gasteiger partial charge in [0.2, 0.25) is 0 Å². The number of benzene rings is 2. The summed E-state index contributed by atoms with van der Waals surface area (Å²) in [6, 6.07) is 12.2. The summed E-state index contributed by atoms with van der Waals surface area (Å²) in [7, 11) is 1.44. The molecule has 0 fully saturated rings. The topological polar surface area (TPSA) is 58.2 Å². The number of aryl methyl sites for hydroxylation is 1. The van der Waals surface area contributed by atoms with Crippen LogP contribution in [0.4, 0.5) is 5.13 Å². The van der Waals surface area contributed by atoms with Gasteiger partial charge in [0.25, 0.3) is 0 Å². The number of ether oxygens (including phenoxy) is 1. The molecule has 1 aliphatic rings. The number of nitrogens with zero attached hydrogens (tertiary/aromatic N) is 2. The number of hydrogen-bond donors (Lipinski definition) is 1. The van der Waals surface area contributed by atoms with Crippen LogP contribution in [-0.2, 0) is 22.5 Å². The van der Waals surface area contributed by atoms with Crippen LogP contribution in [0.25, 0.3) is 21.1 Å². The van der Waals surface area contributed by atoms with Gasteiger partial charge in [-0.3, -0.25) is 4.79 Å². The van der Waals surface area contributed by atoms with Gasteiger partial charge in [-0.1, -0.05) is 42.3 Å². The molecule has 2 aromatic carbocycles. The number of carbonyl (C=O) groups is 1. The van der Waals surface area contributed by atoms with Crippen LogP contribution in [0.1, 0.15) is 36.1 Å². The average molecular weight is 440 g/mol. The zero-order valence-corrected chi connectivity index (χ0v) is 18.4. The molecule has 154 valence electrons. The summed E-state index contributed by atoms with van der Waals surface area (Å²) in [4.78, 5) is 23.2. The Bertz CT molecular complexity index is 1260. The van der Waals surface area contributed by atoms with E-state index in [1.54, 1.807) is 11.3 Å². The first kappa shape index (κ1) is 19.4. The number of hydrogen-bond acceptors (Lipinski definition) is 5. The highest BCUT2D eigenvalue weighted by Gasteiger charge is 2.35. The molecule has 0 aliphatic carbocycles. The Labute approximate surface area is 183 Å². The Morgan fingerprint density at radius 1 is 1.33 bits per heavy atom. The molecule has 0 bridgehead atoms. The number of aromatic amines is 1. The predicted molar refractivity (Wildman–Crippen MR) is 123 cm³/mol. The van der Waals surface area contributed by atoms with Crippen molar-refractivity contribution in [2.75, 3.05) is 18.6 Å². The molecule has 2 aromatic heterocycles. The second-order valence-electron chi connectivity index (χ2n) is 7.71. The van der Waals surface area contributed by atoms with E-state index in [1.165, 1.54) is 17.4 Å². The fourth-order valence-corrected chi connectivity index (χ4v) is 5.56. The van der Waals surface area contributed by atoms with Gasteiger partial charge in [-0.2, -0.15) is 0 Å². The molecule has 0 amide bonds. The van der Waals surface area contributed by atoms with Crippen LogP contribution in [0.3, 0.4) is 0 Å². The van der Waals surface area contributed by atoms with Gasteiger partial charge < -0.3 is 14.6 Å². The van der Waals surface area contributed by atoms with E-state index in [1.807, 2.05) is 18.2 Å². The second kappa shape index (κ2) is 7.60. The van der Waals surface area contributed by atoms with Crippen molar-refractivity contribution in [1.29, 1.82) is 0 Å². The highest BCUT2D eigenvalue weighted by Crippen LogP contribution is 2.40. The quantitative estimate of drug-likeness (QED) is 0.417. The first-order valence-corrected chi connectivity index (χ1v) is 11.3. The van der Waals surface area contributed by atoms with Crippen LogP contribution in [0.5, 0.6) is 0 Å². The Morgan fingerprint density at radius 2 is 2.20 bits per heavy atom. The molecule has 7 heteroatoms. The first-order chi connectivity index (χ1) is 14.6. The molecule has 5 nitrogen and oxygen atoms in total. The van der Waals surface area contributed by atoms with Crippen LogP contribution in [-0.4, -0.2) is 29.6 Å². The van der Waals surface area contributed by atoms with Crippen molar-refractivity contribution in [3.8, 4) is 0 Å². The van der Waals surface area contributed by atoms with Crippen molar-refractivity contribution in [2.45, 2.75) is 32.2 Å². The third kappa shape index (κ3) is 3.24. The number of rotatable bonds is 4. The maximum absolute atomic E-state index is 12.7. The number of H-pyrrole nitrogens is 1. The van der Waals surface area contributed by atoms with Gasteiger partial charge in [0.15, 0.2) is 5.13 Å². The number of fused-ring (bicyclic) bond motifs is 4. The molecule has 0 radical (unpaired) electrons. The van der Waals surface area contributed by atoms with Crippen molar-refractivity contribution in [2.24, 2.45) is 0 Å². The van der Waals surface area contributed by atoms with Crippen LogP contribution in [0.15, 0.2) is 36.4 Å². The number of carbonyl (C=O) groups excluding carboxylic acids is 1. The number of aromatic nitrogens is 2. The van der Waals surface area contributed by atoms with E-state index in [2.05, 4.69) is 35.0 Å². The minimum atomic E-state index is -0.395. The van der Waals surface area contributed by atoms with Crippen LogP contribution < -0.4 is 4.90 Å². The van der Waals surface area contributed by atoms with Crippen LogP contribution in [0, 0.1) is 0 Å². The lowest BCUT2D eigenvalue weighted by Gasteiger charge is -2.31. The Balaban J connectivity index is 1.57. The summed E-state index contributed by atoms with van der Waals surface area (Å²) in [5.41, 5.74) is 5.32. The largest absolute Gasteiger partial charge is 0.468 e.